The van der Waals surface area contributed by atoms with E-state index in [4.69, 9.17) is 19.4 Å². The molecule has 0 aliphatic carbocycles. The molecule has 1 fully saturated rings. The monoisotopic (exact) mass is 484 g/mol. The van der Waals surface area contributed by atoms with Crippen molar-refractivity contribution in [2.75, 3.05) is 31.6 Å². The summed E-state index contributed by atoms with van der Waals surface area (Å²) in [5, 5.41) is 0.929. The van der Waals surface area contributed by atoms with Gasteiger partial charge in [0, 0.05) is 49.4 Å². The number of piperidine rings is 1. The van der Waals surface area contributed by atoms with E-state index in [0.717, 1.165) is 59.7 Å². The molecular weight excluding hydrogens is 448 g/mol. The van der Waals surface area contributed by atoms with Crippen LogP contribution in [-0.4, -0.2) is 51.5 Å². The lowest BCUT2D eigenvalue weighted by Crippen LogP contribution is -2.36. The number of likely N-dealkylation sites (tertiary alicyclic amines) is 1. The Balaban J connectivity index is 1.62. The second-order valence-corrected chi connectivity index (χ2v) is 10.6. The quantitative estimate of drug-likeness (QED) is 0.319. The molecule has 5 heterocycles. The van der Waals surface area contributed by atoms with Gasteiger partial charge < -0.3 is 14.3 Å². The lowest BCUT2D eigenvalue weighted by Gasteiger charge is -2.36. The molecule has 0 unspecified atom stereocenters. The average Bonchev–Trinajstić information content (AvgIpc) is 3.45. The second kappa shape index (κ2) is 9.54. The normalized spacial score (nSPS) is 16.6. The molecule has 0 radical (unpaired) electrons. The third-order valence-corrected chi connectivity index (χ3v) is 7.43. The molecular formula is C29H36N6O. The minimum atomic E-state index is 0.434. The Morgan fingerprint density at radius 1 is 1.28 bits per heavy atom. The average molecular weight is 485 g/mol. The molecule has 1 saturated heterocycles. The molecule has 4 aromatic heterocycles. The first-order valence-corrected chi connectivity index (χ1v) is 12.8. The molecule has 188 valence electrons. The van der Waals surface area contributed by atoms with E-state index in [9.17, 15) is 0 Å². The lowest BCUT2D eigenvalue weighted by atomic mass is 9.82. The molecule has 7 heteroatoms. The Bertz CT molecular complexity index is 1430. The van der Waals surface area contributed by atoms with Crippen molar-refractivity contribution < 1.29 is 4.42 Å². The molecule has 1 N–H and O–H groups in total. The van der Waals surface area contributed by atoms with Crippen LogP contribution in [0.2, 0.25) is 0 Å². The summed E-state index contributed by atoms with van der Waals surface area (Å²) in [5.41, 5.74) is 6.71. The van der Waals surface area contributed by atoms with Crippen molar-refractivity contribution in [3.05, 3.63) is 65.9 Å². The zero-order valence-corrected chi connectivity index (χ0v) is 22.1. The number of rotatable bonds is 7. The maximum atomic E-state index is 6.25. The zero-order chi connectivity index (χ0) is 25.4. The van der Waals surface area contributed by atoms with Gasteiger partial charge in [0.05, 0.1) is 5.39 Å². The van der Waals surface area contributed by atoms with Gasteiger partial charge in [-0.05, 0) is 62.9 Å². The van der Waals surface area contributed by atoms with Crippen LogP contribution < -0.4 is 4.90 Å². The Labute approximate surface area is 212 Å². The number of hydrogen-bond donors (Lipinski definition) is 1. The van der Waals surface area contributed by atoms with Crippen LogP contribution in [-0.2, 0) is 6.54 Å². The van der Waals surface area contributed by atoms with Gasteiger partial charge >= 0.3 is 0 Å². The summed E-state index contributed by atoms with van der Waals surface area (Å²) in [4.78, 5) is 22.6. The SMILES string of the molecule is C=C/C=C(/c1nc(N(C)CC)c2oc3ncc(CN4CCC(C)(C)CC4)cc3c2n1)c1cc[nH]c1C. The molecule has 5 rings (SSSR count). The highest BCUT2D eigenvalue weighted by Gasteiger charge is 2.26. The maximum Gasteiger partial charge on any atom is 0.229 e. The fourth-order valence-electron chi connectivity index (χ4n) is 4.90. The number of nitrogens with zero attached hydrogens (tertiary/aromatic N) is 5. The molecule has 4 aromatic rings. The summed E-state index contributed by atoms with van der Waals surface area (Å²) < 4.78 is 6.25. The smallest absolute Gasteiger partial charge is 0.229 e. The molecule has 36 heavy (non-hydrogen) atoms. The van der Waals surface area contributed by atoms with Gasteiger partial charge in [0.25, 0.3) is 0 Å². The third-order valence-electron chi connectivity index (χ3n) is 7.43. The number of pyridine rings is 1. The van der Waals surface area contributed by atoms with Crippen LogP contribution in [0.1, 0.15) is 56.3 Å². The van der Waals surface area contributed by atoms with Gasteiger partial charge in [0.15, 0.2) is 17.2 Å². The lowest BCUT2D eigenvalue weighted by molar-refractivity contribution is 0.127. The predicted molar refractivity (Wildman–Crippen MR) is 147 cm³/mol. The molecule has 0 atom stereocenters. The molecule has 1 aliphatic rings. The number of allylic oxidation sites excluding steroid dienone is 2. The van der Waals surface area contributed by atoms with Gasteiger partial charge in [0.1, 0.15) is 5.52 Å². The topological polar surface area (TPSA) is 74.1 Å². The Morgan fingerprint density at radius 2 is 2.06 bits per heavy atom. The summed E-state index contributed by atoms with van der Waals surface area (Å²) in [6.07, 6.45) is 10.1. The summed E-state index contributed by atoms with van der Waals surface area (Å²) in [6, 6.07) is 4.24. The molecule has 7 nitrogen and oxygen atoms in total. The van der Waals surface area contributed by atoms with Gasteiger partial charge in [-0.1, -0.05) is 32.6 Å². The van der Waals surface area contributed by atoms with Crippen LogP contribution in [0.15, 0.2) is 47.7 Å². The van der Waals surface area contributed by atoms with E-state index in [1.54, 1.807) is 6.08 Å². The van der Waals surface area contributed by atoms with Gasteiger partial charge in [0.2, 0.25) is 5.71 Å². The van der Waals surface area contributed by atoms with Gasteiger partial charge in [-0.15, -0.1) is 0 Å². The minimum Gasteiger partial charge on any atom is -0.432 e. The van der Waals surface area contributed by atoms with Crippen molar-refractivity contribution in [3.8, 4) is 0 Å². The highest BCUT2D eigenvalue weighted by atomic mass is 16.3. The fraction of sp³-hybridized carbons (Fsp3) is 0.414. The van der Waals surface area contributed by atoms with Gasteiger partial charge in [-0.3, -0.25) is 4.90 Å². The molecule has 0 spiro atoms. The number of hydrogen-bond acceptors (Lipinski definition) is 6. The van der Waals surface area contributed by atoms with E-state index < -0.39 is 0 Å². The number of aromatic nitrogens is 4. The molecule has 0 bridgehead atoms. The number of H-pyrrole nitrogens is 1. The number of aromatic amines is 1. The highest BCUT2D eigenvalue weighted by Crippen LogP contribution is 2.35. The van der Waals surface area contributed by atoms with E-state index in [2.05, 4.69) is 61.2 Å². The third kappa shape index (κ3) is 4.55. The number of fused-ring (bicyclic) bond motifs is 3. The first kappa shape index (κ1) is 24.3. The Morgan fingerprint density at radius 3 is 2.72 bits per heavy atom. The summed E-state index contributed by atoms with van der Waals surface area (Å²) in [5.74, 6) is 1.41. The van der Waals surface area contributed by atoms with Crippen molar-refractivity contribution in [2.24, 2.45) is 5.41 Å². The Kier molecular flexibility index (Phi) is 6.43. The molecule has 0 aromatic carbocycles. The predicted octanol–water partition coefficient (Wildman–Crippen LogP) is 6.10. The van der Waals surface area contributed by atoms with Crippen molar-refractivity contribution in [1.29, 1.82) is 0 Å². The standard InChI is InChI=1S/C29H36N6O/c1-7-9-22(21-10-13-30-19(21)3)26-32-24-23-16-20(18-35-14-11-29(4,5)12-15-35)17-31-28(23)36-25(24)27(33-26)34(6)8-2/h7,9-10,13,16-17,30H,1,8,11-12,14-15,18H2,2-6H3/b22-9+. The number of aryl methyl sites for hydroxylation is 1. The fourth-order valence-corrected chi connectivity index (χ4v) is 4.90. The molecule has 1 aliphatic heterocycles. The van der Waals surface area contributed by atoms with E-state index in [1.165, 1.54) is 18.4 Å². The first-order valence-electron chi connectivity index (χ1n) is 12.8. The van der Waals surface area contributed by atoms with Gasteiger partial charge in [-0.2, -0.15) is 0 Å². The van der Waals surface area contributed by atoms with Crippen LogP contribution in [0, 0.1) is 12.3 Å². The van der Waals surface area contributed by atoms with Crippen LogP contribution in [0.3, 0.4) is 0 Å². The van der Waals surface area contributed by atoms with Crippen molar-refractivity contribution >= 4 is 33.6 Å². The van der Waals surface area contributed by atoms with Crippen LogP contribution >= 0.6 is 0 Å². The highest BCUT2D eigenvalue weighted by molar-refractivity contribution is 6.05. The first-order chi connectivity index (χ1) is 17.3. The molecule has 0 amide bonds. The second-order valence-electron chi connectivity index (χ2n) is 10.6. The summed E-state index contributed by atoms with van der Waals surface area (Å²) in [6.45, 7) is 16.7. The van der Waals surface area contributed by atoms with Crippen molar-refractivity contribution in [3.63, 3.8) is 0 Å². The van der Waals surface area contributed by atoms with E-state index in [0.29, 0.717) is 22.5 Å². The van der Waals surface area contributed by atoms with E-state index in [-0.39, 0.29) is 0 Å². The van der Waals surface area contributed by atoms with Crippen LogP contribution in [0.5, 0.6) is 0 Å². The molecule has 0 saturated carbocycles. The largest absolute Gasteiger partial charge is 0.432 e. The van der Waals surface area contributed by atoms with E-state index in [1.807, 2.05) is 25.5 Å². The number of furan rings is 1. The van der Waals surface area contributed by atoms with Crippen LogP contribution in [0.4, 0.5) is 5.82 Å². The van der Waals surface area contributed by atoms with Crippen molar-refractivity contribution in [1.82, 2.24) is 24.8 Å². The van der Waals surface area contributed by atoms with E-state index >= 15 is 0 Å². The number of anilines is 1. The minimum absolute atomic E-state index is 0.434. The zero-order valence-electron chi connectivity index (χ0n) is 22.1. The van der Waals surface area contributed by atoms with Crippen molar-refractivity contribution in [2.45, 2.75) is 47.1 Å². The van der Waals surface area contributed by atoms with Crippen LogP contribution in [0.25, 0.3) is 27.8 Å². The Hall–Kier alpha value is -3.45. The summed E-state index contributed by atoms with van der Waals surface area (Å²) in [7, 11) is 2.02. The summed E-state index contributed by atoms with van der Waals surface area (Å²) >= 11 is 0. The number of nitrogens with one attached hydrogen (secondary N) is 1. The van der Waals surface area contributed by atoms with Gasteiger partial charge in [-0.25, -0.2) is 15.0 Å². The maximum absolute atomic E-state index is 6.25.